The highest BCUT2D eigenvalue weighted by Gasteiger charge is 2.35. The van der Waals surface area contributed by atoms with Crippen LogP contribution in [0.2, 0.25) is 0 Å². The first-order chi connectivity index (χ1) is 15.0. The van der Waals surface area contributed by atoms with E-state index in [9.17, 15) is 22.8 Å². The van der Waals surface area contributed by atoms with Crippen molar-refractivity contribution in [1.29, 1.82) is 0 Å². The average Bonchev–Trinajstić information content (AvgIpc) is 3.34. The maximum atomic E-state index is 12.8. The number of aryl methyl sites for hydroxylation is 2. The van der Waals surface area contributed by atoms with Gasteiger partial charge < -0.3 is 20.4 Å². The lowest BCUT2D eigenvalue weighted by molar-refractivity contribution is -0.158. The third-order valence-electron chi connectivity index (χ3n) is 5.31. The first-order valence-corrected chi connectivity index (χ1v) is 12.2. The molecular formula is C19H25N5O6S2. The number of sulfonamides is 1. The van der Waals surface area contributed by atoms with Crippen molar-refractivity contribution in [3.63, 3.8) is 0 Å². The number of aromatic nitrogens is 2. The molecule has 1 unspecified atom stereocenters. The monoisotopic (exact) mass is 483 g/mol. The molecule has 3 heterocycles. The summed E-state index contributed by atoms with van der Waals surface area (Å²) in [5, 5.41) is 4.41. The molecule has 0 saturated carbocycles. The van der Waals surface area contributed by atoms with E-state index in [4.69, 9.17) is 10.5 Å². The van der Waals surface area contributed by atoms with E-state index >= 15 is 0 Å². The minimum atomic E-state index is -3.74. The van der Waals surface area contributed by atoms with Gasteiger partial charge in [-0.15, -0.1) is 11.3 Å². The highest BCUT2D eigenvalue weighted by atomic mass is 32.2. The Kier molecular flexibility index (Phi) is 7.00. The van der Waals surface area contributed by atoms with Gasteiger partial charge in [0.05, 0.1) is 11.5 Å². The van der Waals surface area contributed by atoms with Crippen LogP contribution in [0.15, 0.2) is 22.7 Å². The number of carbonyl (C=O) groups excluding carboxylic acids is 3. The molecule has 0 radical (unpaired) electrons. The van der Waals surface area contributed by atoms with Crippen molar-refractivity contribution >= 4 is 44.1 Å². The van der Waals surface area contributed by atoms with E-state index in [1.165, 1.54) is 23.5 Å². The lowest BCUT2D eigenvalue weighted by Gasteiger charge is -2.30. The number of primary amides is 1. The quantitative estimate of drug-likeness (QED) is 0.554. The molecule has 1 atom stereocenters. The van der Waals surface area contributed by atoms with Gasteiger partial charge in [-0.1, -0.05) is 0 Å². The minimum absolute atomic E-state index is 0.0206. The van der Waals surface area contributed by atoms with Crippen molar-refractivity contribution in [2.75, 3.05) is 18.4 Å². The standard InChI is InChI=1S/C19H25N5O6S2/c1-11(17(26)22-18-14(16(20)25)6-9-31-18)30-19(27)13-4-7-24(8-5-13)32(28,29)15-10-23(3)12(2)21-15/h6,9-11,13H,4-5,7-8H2,1-3H3,(H2,20,25)(H,22,26). The van der Waals surface area contributed by atoms with E-state index in [1.807, 2.05) is 0 Å². The van der Waals surface area contributed by atoms with Crippen molar-refractivity contribution < 1.29 is 27.5 Å². The summed E-state index contributed by atoms with van der Waals surface area (Å²) < 4.78 is 33.8. The Morgan fingerprint density at radius 3 is 2.53 bits per heavy atom. The van der Waals surface area contributed by atoms with E-state index in [1.54, 1.807) is 23.9 Å². The Morgan fingerprint density at radius 2 is 1.97 bits per heavy atom. The molecule has 0 spiro atoms. The van der Waals surface area contributed by atoms with Gasteiger partial charge in [0, 0.05) is 26.3 Å². The van der Waals surface area contributed by atoms with Crippen LogP contribution in [0.25, 0.3) is 0 Å². The number of hydrogen-bond acceptors (Lipinski definition) is 8. The van der Waals surface area contributed by atoms with Crippen molar-refractivity contribution in [2.24, 2.45) is 18.7 Å². The molecule has 11 nitrogen and oxygen atoms in total. The summed E-state index contributed by atoms with van der Waals surface area (Å²) in [5.41, 5.74) is 5.43. The Morgan fingerprint density at radius 1 is 1.31 bits per heavy atom. The lowest BCUT2D eigenvalue weighted by atomic mass is 9.98. The van der Waals surface area contributed by atoms with Gasteiger partial charge in [-0.3, -0.25) is 14.4 Å². The Hall–Kier alpha value is -2.77. The molecule has 1 saturated heterocycles. The molecule has 13 heteroatoms. The number of nitrogens with zero attached hydrogens (tertiary/aromatic N) is 3. The number of nitrogens with one attached hydrogen (secondary N) is 1. The predicted molar refractivity (Wildman–Crippen MR) is 116 cm³/mol. The van der Waals surface area contributed by atoms with Crippen LogP contribution in [0.1, 0.15) is 35.9 Å². The number of ether oxygens (including phenoxy) is 1. The molecule has 1 fully saturated rings. The van der Waals surface area contributed by atoms with E-state index in [2.05, 4.69) is 10.3 Å². The zero-order valence-corrected chi connectivity index (χ0v) is 19.5. The fraction of sp³-hybridized carbons (Fsp3) is 0.474. The van der Waals surface area contributed by atoms with Crippen LogP contribution >= 0.6 is 11.3 Å². The molecule has 1 aliphatic rings. The molecule has 174 valence electrons. The number of anilines is 1. The zero-order chi connectivity index (χ0) is 23.6. The molecule has 0 aliphatic carbocycles. The maximum Gasteiger partial charge on any atom is 0.309 e. The van der Waals surface area contributed by atoms with Crippen LogP contribution in [0, 0.1) is 12.8 Å². The molecule has 2 aromatic heterocycles. The second-order valence-corrected chi connectivity index (χ2v) is 10.3. The summed E-state index contributed by atoms with van der Waals surface area (Å²) in [7, 11) is -2.02. The second kappa shape index (κ2) is 9.38. The van der Waals surface area contributed by atoms with E-state index in [0.29, 0.717) is 5.82 Å². The molecule has 2 aromatic rings. The number of hydrogen-bond donors (Lipinski definition) is 2. The van der Waals surface area contributed by atoms with Crippen molar-refractivity contribution in [2.45, 2.75) is 37.8 Å². The van der Waals surface area contributed by atoms with Crippen LogP contribution in [0.4, 0.5) is 5.00 Å². The van der Waals surface area contributed by atoms with Gasteiger partial charge in [-0.05, 0) is 38.1 Å². The number of nitrogens with two attached hydrogens (primary N) is 1. The second-order valence-electron chi connectivity index (χ2n) is 7.51. The molecule has 3 rings (SSSR count). The normalized spacial score (nSPS) is 16.5. The average molecular weight is 484 g/mol. The van der Waals surface area contributed by atoms with E-state index in [0.717, 1.165) is 11.3 Å². The summed E-state index contributed by atoms with van der Waals surface area (Å²) in [6.45, 7) is 3.43. The van der Waals surface area contributed by atoms with Gasteiger partial charge in [-0.2, -0.15) is 4.31 Å². The molecule has 2 amide bonds. The minimum Gasteiger partial charge on any atom is -0.452 e. The van der Waals surface area contributed by atoms with Gasteiger partial charge >= 0.3 is 5.97 Å². The number of piperidine rings is 1. The molecule has 1 aliphatic heterocycles. The van der Waals surface area contributed by atoms with Crippen LogP contribution in [0.5, 0.6) is 0 Å². The van der Waals surface area contributed by atoms with Crippen LogP contribution in [-0.2, 0) is 31.4 Å². The highest BCUT2D eigenvalue weighted by molar-refractivity contribution is 7.89. The third-order valence-corrected chi connectivity index (χ3v) is 7.91. The van der Waals surface area contributed by atoms with Crippen LogP contribution in [0.3, 0.4) is 0 Å². The summed E-state index contributed by atoms with van der Waals surface area (Å²) in [6.07, 6.45) is 0.913. The van der Waals surface area contributed by atoms with Crippen molar-refractivity contribution in [3.8, 4) is 0 Å². The smallest absolute Gasteiger partial charge is 0.309 e. The topological polar surface area (TPSA) is 154 Å². The third kappa shape index (κ3) is 5.00. The zero-order valence-electron chi connectivity index (χ0n) is 17.9. The predicted octanol–water partition coefficient (Wildman–Crippen LogP) is 0.860. The fourth-order valence-corrected chi connectivity index (χ4v) is 5.54. The summed E-state index contributed by atoms with van der Waals surface area (Å²) in [5.74, 6) is -1.77. The van der Waals surface area contributed by atoms with Gasteiger partial charge in [0.1, 0.15) is 10.8 Å². The van der Waals surface area contributed by atoms with Crippen LogP contribution < -0.4 is 11.1 Å². The highest BCUT2D eigenvalue weighted by Crippen LogP contribution is 2.26. The van der Waals surface area contributed by atoms with E-state index < -0.39 is 39.8 Å². The molecule has 0 aromatic carbocycles. The van der Waals surface area contributed by atoms with E-state index in [-0.39, 0.29) is 41.5 Å². The van der Waals surface area contributed by atoms with Crippen LogP contribution in [-0.4, -0.2) is 59.3 Å². The lowest BCUT2D eigenvalue weighted by Crippen LogP contribution is -2.41. The SMILES string of the molecule is Cc1nc(S(=O)(=O)N2CCC(C(=O)OC(C)C(=O)Nc3sccc3C(N)=O)CC2)cn1C. The first-order valence-electron chi connectivity index (χ1n) is 9.89. The number of thiophene rings is 1. The Bertz CT molecular complexity index is 1110. The maximum absolute atomic E-state index is 12.8. The molecular weight excluding hydrogens is 458 g/mol. The Labute approximate surface area is 189 Å². The number of esters is 1. The van der Waals surface area contributed by atoms with Gasteiger partial charge in [0.2, 0.25) is 0 Å². The summed E-state index contributed by atoms with van der Waals surface area (Å²) >= 11 is 1.13. The Balaban J connectivity index is 1.54. The van der Waals surface area contributed by atoms with Crippen molar-refractivity contribution in [3.05, 3.63) is 29.0 Å². The molecule has 32 heavy (non-hydrogen) atoms. The molecule has 3 N–H and O–H groups in total. The number of imidazole rings is 1. The number of amides is 2. The molecule has 0 bridgehead atoms. The van der Waals surface area contributed by atoms with Gasteiger partial charge in [0.15, 0.2) is 11.1 Å². The fourth-order valence-electron chi connectivity index (χ4n) is 3.25. The summed E-state index contributed by atoms with van der Waals surface area (Å²) in [4.78, 5) is 40.3. The summed E-state index contributed by atoms with van der Waals surface area (Å²) in [6, 6.07) is 1.49. The number of carbonyl (C=O) groups is 3. The number of rotatable bonds is 7. The first kappa shape index (κ1) is 23.9. The van der Waals surface area contributed by atoms with Gasteiger partial charge in [-0.25, -0.2) is 13.4 Å². The largest absolute Gasteiger partial charge is 0.452 e. The van der Waals surface area contributed by atoms with Crippen molar-refractivity contribution in [1.82, 2.24) is 13.9 Å². The van der Waals surface area contributed by atoms with Gasteiger partial charge in [0.25, 0.3) is 21.8 Å².